The molecule has 2 heterocycles. The number of phenolic OH excluding ortho intramolecular Hbond substituents is 1. The lowest BCUT2D eigenvalue weighted by molar-refractivity contribution is -0.139. The molecule has 0 saturated carbocycles. The summed E-state index contributed by atoms with van der Waals surface area (Å²) in [7, 11) is 3.02. The molecule has 0 bridgehead atoms. The molecular formula is C25H22Cl2N2O6S. The summed E-state index contributed by atoms with van der Waals surface area (Å²) in [5.74, 6) is 0.166. The number of esters is 1. The van der Waals surface area contributed by atoms with Crippen LogP contribution in [0.2, 0.25) is 10.0 Å². The summed E-state index contributed by atoms with van der Waals surface area (Å²) in [5, 5.41) is 10.8. The molecule has 0 spiro atoms. The highest BCUT2D eigenvalue weighted by atomic mass is 35.5. The SMILES string of the molecule is CCOC(=O)C1=C(C)N=c2s/c(=C\c3cc(Cl)cc(Cl)c3O)c(=O)n2C1c1cc(OC)ccc1OC. The number of allylic oxidation sites excluding steroid dienone is 1. The van der Waals surface area contributed by atoms with Crippen molar-refractivity contribution < 1.29 is 24.1 Å². The first-order valence-corrected chi connectivity index (χ1v) is 12.4. The van der Waals surface area contributed by atoms with Crippen LogP contribution in [0.25, 0.3) is 6.08 Å². The summed E-state index contributed by atoms with van der Waals surface area (Å²) in [6, 6.07) is 7.14. The van der Waals surface area contributed by atoms with Crippen molar-refractivity contribution in [1.82, 2.24) is 4.57 Å². The third-order valence-corrected chi connectivity index (χ3v) is 7.08. The zero-order chi connectivity index (χ0) is 26.1. The molecule has 36 heavy (non-hydrogen) atoms. The average molecular weight is 549 g/mol. The van der Waals surface area contributed by atoms with Crippen LogP contribution in [0.4, 0.5) is 0 Å². The molecule has 1 aromatic heterocycles. The first kappa shape index (κ1) is 25.8. The van der Waals surface area contributed by atoms with E-state index in [-0.39, 0.29) is 33.0 Å². The third kappa shape index (κ3) is 4.61. The molecule has 1 aliphatic rings. The maximum atomic E-state index is 13.8. The number of halogens is 2. The zero-order valence-corrected chi connectivity index (χ0v) is 22.1. The summed E-state index contributed by atoms with van der Waals surface area (Å²) in [6.45, 7) is 3.54. The third-order valence-electron chi connectivity index (χ3n) is 5.59. The lowest BCUT2D eigenvalue weighted by atomic mass is 9.94. The molecule has 1 aliphatic heterocycles. The van der Waals surface area contributed by atoms with Crippen LogP contribution in [-0.2, 0) is 9.53 Å². The second kappa shape index (κ2) is 10.4. The molecule has 1 N–H and O–H groups in total. The Morgan fingerprint density at radius 1 is 1.22 bits per heavy atom. The van der Waals surface area contributed by atoms with Crippen LogP contribution in [0.3, 0.4) is 0 Å². The second-order valence-corrected chi connectivity index (χ2v) is 9.59. The number of phenols is 1. The number of hydrogen-bond donors (Lipinski definition) is 1. The molecule has 1 unspecified atom stereocenters. The Balaban J connectivity index is 2.04. The van der Waals surface area contributed by atoms with Gasteiger partial charge in [-0.2, -0.15) is 0 Å². The summed E-state index contributed by atoms with van der Waals surface area (Å²) < 4.78 is 18.0. The standard InChI is InChI=1S/C25H22Cl2N2O6S/c1-5-35-24(32)20-12(2)28-25-29(21(20)16-11-15(33-3)6-7-18(16)34-4)23(31)19(36-25)9-13-8-14(26)10-17(27)22(13)30/h6-11,21,30H,5H2,1-4H3/b19-9-. The summed E-state index contributed by atoms with van der Waals surface area (Å²) in [5.41, 5.74) is 0.976. The van der Waals surface area contributed by atoms with E-state index in [0.717, 1.165) is 11.3 Å². The molecule has 0 fully saturated rings. The van der Waals surface area contributed by atoms with Crippen molar-refractivity contribution in [3.63, 3.8) is 0 Å². The number of carbonyl (C=O) groups is 1. The molecule has 11 heteroatoms. The first-order chi connectivity index (χ1) is 17.2. The normalized spacial score (nSPS) is 15.4. The largest absolute Gasteiger partial charge is 0.506 e. The Morgan fingerprint density at radius 2 is 1.97 bits per heavy atom. The lowest BCUT2D eigenvalue weighted by Crippen LogP contribution is -2.40. The van der Waals surface area contributed by atoms with Crippen molar-refractivity contribution in [1.29, 1.82) is 0 Å². The monoisotopic (exact) mass is 548 g/mol. The van der Waals surface area contributed by atoms with Crippen molar-refractivity contribution in [2.45, 2.75) is 19.9 Å². The van der Waals surface area contributed by atoms with Crippen molar-refractivity contribution in [2.75, 3.05) is 20.8 Å². The van der Waals surface area contributed by atoms with E-state index in [1.807, 2.05) is 0 Å². The topological polar surface area (TPSA) is 99.4 Å². The van der Waals surface area contributed by atoms with Gasteiger partial charge in [0.15, 0.2) is 4.80 Å². The molecule has 1 atom stereocenters. The highest BCUT2D eigenvalue weighted by molar-refractivity contribution is 7.07. The fraction of sp³-hybridized carbons (Fsp3) is 0.240. The van der Waals surface area contributed by atoms with Crippen LogP contribution in [-0.4, -0.2) is 36.5 Å². The van der Waals surface area contributed by atoms with E-state index in [0.29, 0.717) is 32.6 Å². The average Bonchev–Trinajstić information content (AvgIpc) is 3.15. The van der Waals surface area contributed by atoms with Crippen LogP contribution in [0.5, 0.6) is 17.2 Å². The molecule has 4 rings (SSSR count). The van der Waals surface area contributed by atoms with Crippen LogP contribution < -0.4 is 24.4 Å². The number of aromatic nitrogens is 1. The highest BCUT2D eigenvalue weighted by Crippen LogP contribution is 2.38. The van der Waals surface area contributed by atoms with Gasteiger partial charge in [0.2, 0.25) is 0 Å². The van der Waals surface area contributed by atoms with Gasteiger partial charge in [-0.1, -0.05) is 34.5 Å². The van der Waals surface area contributed by atoms with Gasteiger partial charge >= 0.3 is 5.97 Å². The van der Waals surface area contributed by atoms with Crippen molar-refractivity contribution in [3.05, 3.63) is 82.5 Å². The predicted molar refractivity (Wildman–Crippen MR) is 138 cm³/mol. The van der Waals surface area contributed by atoms with E-state index in [1.165, 1.54) is 37.0 Å². The Labute approximate surface area is 220 Å². The number of hydrogen-bond acceptors (Lipinski definition) is 8. The number of carbonyl (C=O) groups excluding carboxylic acids is 1. The molecule has 0 amide bonds. The quantitative estimate of drug-likeness (QED) is 0.470. The number of benzene rings is 2. The van der Waals surface area contributed by atoms with E-state index in [1.54, 1.807) is 32.0 Å². The Hall–Kier alpha value is -3.27. The van der Waals surface area contributed by atoms with Crippen LogP contribution in [0.1, 0.15) is 31.0 Å². The van der Waals surface area contributed by atoms with E-state index in [4.69, 9.17) is 37.4 Å². The maximum absolute atomic E-state index is 13.8. The maximum Gasteiger partial charge on any atom is 0.338 e. The van der Waals surface area contributed by atoms with Gasteiger partial charge < -0.3 is 19.3 Å². The van der Waals surface area contributed by atoms with Crippen molar-refractivity contribution >= 4 is 46.6 Å². The smallest absolute Gasteiger partial charge is 0.338 e. The molecule has 8 nitrogen and oxygen atoms in total. The molecule has 0 saturated heterocycles. The molecule has 3 aromatic rings. The summed E-state index contributed by atoms with van der Waals surface area (Å²) >= 11 is 13.3. The van der Waals surface area contributed by atoms with E-state index >= 15 is 0 Å². The van der Waals surface area contributed by atoms with Gasteiger partial charge in [0.1, 0.15) is 23.3 Å². The Morgan fingerprint density at radius 3 is 2.64 bits per heavy atom. The van der Waals surface area contributed by atoms with E-state index in [9.17, 15) is 14.7 Å². The number of rotatable bonds is 6. The first-order valence-electron chi connectivity index (χ1n) is 10.8. The summed E-state index contributed by atoms with van der Waals surface area (Å²) in [6.07, 6.45) is 1.49. The number of nitrogens with zero attached hydrogens (tertiary/aromatic N) is 2. The summed E-state index contributed by atoms with van der Waals surface area (Å²) in [4.78, 5) is 31.7. The van der Waals surface area contributed by atoms with Gasteiger partial charge in [-0.25, -0.2) is 9.79 Å². The zero-order valence-electron chi connectivity index (χ0n) is 19.8. The molecule has 0 aliphatic carbocycles. The fourth-order valence-corrected chi connectivity index (χ4v) is 5.52. The Bertz CT molecular complexity index is 1570. The number of ether oxygens (including phenoxy) is 3. The minimum absolute atomic E-state index is 0.0564. The second-order valence-electron chi connectivity index (χ2n) is 7.74. The van der Waals surface area contributed by atoms with Crippen LogP contribution in [0.15, 0.2) is 51.4 Å². The van der Waals surface area contributed by atoms with Gasteiger partial charge in [-0.05, 0) is 50.3 Å². The minimum Gasteiger partial charge on any atom is -0.506 e. The minimum atomic E-state index is -0.899. The van der Waals surface area contributed by atoms with Gasteiger partial charge in [-0.15, -0.1) is 0 Å². The predicted octanol–water partition coefficient (Wildman–Crippen LogP) is 3.83. The van der Waals surface area contributed by atoms with Gasteiger partial charge in [-0.3, -0.25) is 9.36 Å². The lowest BCUT2D eigenvalue weighted by Gasteiger charge is -2.26. The van der Waals surface area contributed by atoms with Crippen LogP contribution >= 0.6 is 34.5 Å². The van der Waals surface area contributed by atoms with Gasteiger partial charge in [0.05, 0.1) is 41.7 Å². The number of methoxy groups -OCH3 is 2. The van der Waals surface area contributed by atoms with Gasteiger partial charge in [0, 0.05) is 16.1 Å². The fourth-order valence-electron chi connectivity index (χ4n) is 3.98. The molecule has 0 radical (unpaired) electrons. The van der Waals surface area contributed by atoms with E-state index in [2.05, 4.69) is 4.99 Å². The number of aromatic hydroxyl groups is 1. The van der Waals surface area contributed by atoms with E-state index < -0.39 is 17.6 Å². The number of fused-ring (bicyclic) bond motifs is 1. The molecular weight excluding hydrogens is 527 g/mol. The van der Waals surface area contributed by atoms with Crippen LogP contribution in [0, 0.1) is 0 Å². The molecule has 2 aromatic carbocycles. The van der Waals surface area contributed by atoms with Crippen molar-refractivity contribution in [2.24, 2.45) is 4.99 Å². The Kier molecular flexibility index (Phi) is 7.44. The van der Waals surface area contributed by atoms with Crippen molar-refractivity contribution in [3.8, 4) is 17.2 Å². The molecule has 188 valence electrons. The highest BCUT2D eigenvalue weighted by Gasteiger charge is 2.35. The van der Waals surface area contributed by atoms with Gasteiger partial charge in [0.25, 0.3) is 5.56 Å². The number of thiazole rings is 1.